The third kappa shape index (κ3) is 1.95. The minimum atomic E-state index is -0.0846. The Bertz CT molecular complexity index is 290. The lowest BCUT2D eigenvalue weighted by Crippen LogP contribution is -2.16. The largest absolute Gasteiger partial charge is 0.321 e. The highest BCUT2D eigenvalue weighted by molar-refractivity contribution is 5.00. The highest BCUT2D eigenvalue weighted by Gasteiger charge is 2.13. The first-order valence-electron chi connectivity index (χ1n) is 4.46. The van der Waals surface area contributed by atoms with Crippen molar-refractivity contribution in [1.29, 1.82) is 0 Å². The SMILES string of the molecule is C=CCC(N)c1nnc(C)n1CC. The molecule has 1 aromatic rings. The average molecular weight is 180 g/mol. The summed E-state index contributed by atoms with van der Waals surface area (Å²) >= 11 is 0. The maximum Gasteiger partial charge on any atom is 0.150 e. The van der Waals surface area contributed by atoms with Gasteiger partial charge in [-0.3, -0.25) is 0 Å². The predicted octanol–water partition coefficient (Wildman–Crippen LogP) is 1.18. The fourth-order valence-corrected chi connectivity index (χ4v) is 1.35. The molecule has 1 aromatic heterocycles. The first kappa shape index (κ1) is 9.92. The summed E-state index contributed by atoms with van der Waals surface area (Å²) in [6, 6.07) is -0.0846. The number of hydrogen-bond donors (Lipinski definition) is 1. The van der Waals surface area contributed by atoms with Crippen LogP contribution >= 0.6 is 0 Å². The predicted molar refractivity (Wildman–Crippen MR) is 52.2 cm³/mol. The number of aromatic nitrogens is 3. The molecule has 0 radical (unpaired) electrons. The Hall–Kier alpha value is -1.16. The lowest BCUT2D eigenvalue weighted by molar-refractivity contribution is 0.600. The summed E-state index contributed by atoms with van der Waals surface area (Å²) in [5.74, 6) is 1.76. The van der Waals surface area contributed by atoms with Crippen LogP contribution in [0.25, 0.3) is 0 Å². The lowest BCUT2D eigenvalue weighted by Gasteiger charge is -2.10. The van der Waals surface area contributed by atoms with Gasteiger partial charge in [-0.15, -0.1) is 16.8 Å². The molecule has 0 spiro atoms. The minimum Gasteiger partial charge on any atom is -0.321 e. The van der Waals surface area contributed by atoms with Crippen LogP contribution in [-0.4, -0.2) is 14.8 Å². The Kier molecular flexibility index (Phi) is 3.19. The van der Waals surface area contributed by atoms with Gasteiger partial charge in [0.05, 0.1) is 6.04 Å². The van der Waals surface area contributed by atoms with Gasteiger partial charge in [-0.05, 0) is 20.3 Å². The van der Waals surface area contributed by atoms with Gasteiger partial charge < -0.3 is 10.3 Å². The van der Waals surface area contributed by atoms with Crippen molar-refractivity contribution in [2.75, 3.05) is 0 Å². The molecule has 0 aliphatic rings. The van der Waals surface area contributed by atoms with Gasteiger partial charge >= 0.3 is 0 Å². The Morgan fingerprint density at radius 2 is 2.31 bits per heavy atom. The molecule has 1 unspecified atom stereocenters. The number of aryl methyl sites for hydroxylation is 1. The number of hydrogen-bond acceptors (Lipinski definition) is 3. The van der Waals surface area contributed by atoms with Crippen molar-refractivity contribution in [3.05, 3.63) is 24.3 Å². The molecular weight excluding hydrogens is 164 g/mol. The van der Waals surface area contributed by atoms with Crippen molar-refractivity contribution in [1.82, 2.24) is 14.8 Å². The van der Waals surface area contributed by atoms with Crippen molar-refractivity contribution in [2.24, 2.45) is 5.73 Å². The summed E-state index contributed by atoms with van der Waals surface area (Å²) in [5, 5.41) is 8.03. The zero-order valence-corrected chi connectivity index (χ0v) is 8.20. The number of nitrogens with two attached hydrogens (primary N) is 1. The van der Waals surface area contributed by atoms with E-state index in [4.69, 9.17) is 5.73 Å². The maximum absolute atomic E-state index is 5.90. The molecule has 0 fully saturated rings. The molecule has 0 aromatic carbocycles. The third-order valence-corrected chi connectivity index (χ3v) is 2.03. The summed E-state index contributed by atoms with van der Waals surface area (Å²) < 4.78 is 2.02. The standard InChI is InChI=1S/C9H16N4/c1-4-6-8(10)9-12-11-7(3)13(9)5-2/h4,8H,1,5-6,10H2,2-3H3. The van der Waals surface area contributed by atoms with Gasteiger partial charge in [-0.1, -0.05) is 6.08 Å². The van der Waals surface area contributed by atoms with Crippen molar-refractivity contribution < 1.29 is 0 Å². The Morgan fingerprint density at radius 3 is 2.85 bits per heavy atom. The van der Waals surface area contributed by atoms with E-state index < -0.39 is 0 Å². The van der Waals surface area contributed by atoms with Crippen LogP contribution < -0.4 is 5.73 Å². The van der Waals surface area contributed by atoms with Gasteiger partial charge in [0.2, 0.25) is 0 Å². The van der Waals surface area contributed by atoms with Crippen LogP contribution in [0.1, 0.15) is 31.0 Å². The van der Waals surface area contributed by atoms with Gasteiger partial charge in [-0.2, -0.15) is 0 Å². The summed E-state index contributed by atoms with van der Waals surface area (Å²) in [6.07, 6.45) is 2.53. The van der Waals surface area contributed by atoms with Crippen molar-refractivity contribution in [3.8, 4) is 0 Å². The molecule has 0 saturated carbocycles. The average Bonchev–Trinajstić information content (AvgIpc) is 2.47. The lowest BCUT2D eigenvalue weighted by atomic mass is 10.2. The fourth-order valence-electron chi connectivity index (χ4n) is 1.35. The van der Waals surface area contributed by atoms with E-state index in [0.29, 0.717) is 0 Å². The smallest absolute Gasteiger partial charge is 0.150 e. The molecule has 0 bridgehead atoms. The van der Waals surface area contributed by atoms with Crippen LogP contribution in [0.4, 0.5) is 0 Å². The van der Waals surface area contributed by atoms with Gasteiger partial charge in [0.25, 0.3) is 0 Å². The molecule has 1 atom stereocenters. The molecule has 4 heteroatoms. The van der Waals surface area contributed by atoms with E-state index in [0.717, 1.165) is 24.6 Å². The molecule has 0 aliphatic carbocycles. The zero-order chi connectivity index (χ0) is 9.84. The van der Waals surface area contributed by atoms with Gasteiger partial charge in [0.1, 0.15) is 11.6 Å². The van der Waals surface area contributed by atoms with E-state index in [1.54, 1.807) is 6.08 Å². The second-order valence-electron chi connectivity index (χ2n) is 2.98. The van der Waals surface area contributed by atoms with Gasteiger partial charge in [0.15, 0.2) is 0 Å². The number of nitrogens with zero attached hydrogens (tertiary/aromatic N) is 3. The molecule has 13 heavy (non-hydrogen) atoms. The van der Waals surface area contributed by atoms with Gasteiger partial charge in [-0.25, -0.2) is 0 Å². The van der Waals surface area contributed by atoms with Crippen molar-refractivity contribution in [2.45, 2.75) is 32.9 Å². The molecule has 0 saturated heterocycles. The summed E-state index contributed by atoms with van der Waals surface area (Å²) in [6.45, 7) is 8.50. The van der Waals surface area contributed by atoms with E-state index in [2.05, 4.69) is 23.7 Å². The van der Waals surface area contributed by atoms with Crippen LogP contribution in [0.5, 0.6) is 0 Å². The summed E-state index contributed by atoms with van der Waals surface area (Å²) in [4.78, 5) is 0. The van der Waals surface area contributed by atoms with E-state index in [9.17, 15) is 0 Å². The first-order valence-corrected chi connectivity index (χ1v) is 4.46. The molecule has 72 valence electrons. The molecule has 0 amide bonds. The normalized spacial score (nSPS) is 12.8. The fraction of sp³-hybridized carbons (Fsp3) is 0.556. The highest BCUT2D eigenvalue weighted by atomic mass is 15.3. The monoisotopic (exact) mass is 180 g/mol. The molecule has 2 N–H and O–H groups in total. The van der Waals surface area contributed by atoms with Crippen LogP contribution in [0.3, 0.4) is 0 Å². The third-order valence-electron chi connectivity index (χ3n) is 2.03. The van der Waals surface area contributed by atoms with Crippen LogP contribution in [0.2, 0.25) is 0 Å². The quantitative estimate of drug-likeness (QED) is 0.708. The molecule has 4 nitrogen and oxygen atoms in total. The molecule has 1 heterocycles. The first-order chi connectivity index (χ1) is 6.20. The molecule has 0 aliphatic heterocycles. The van der Waals surface area contributed by atoms with Crippen molar-refractivity contribution in [3.63, 3.8) is 0 Å². The summed E-state index contributed by atoms with van der Waals surface area (Å²) in [7, 11) is 0. The molecule has 1 rings (SSSR count). The van der Waals surface area contributed by atoms with Crippen LogP contribution in [0.15, 0.2) is 12.7 Å². The second-order valence-corrected chi connectivity index (χ2v) is 2.98. The Labute approximate surface area is 78.5 Å². The van der Waals surface area contributed by atoms with Crippen molar-refractivity contribution >= 4 is 0 Å². The topological polar surface area (TPSA) is 56.7 Å². The van der Waals surface area contributed by atoms with Crippen LogP contribution in [0, 0.1) is 6.92 Å². The van der Waals surface area contributed by atoms with E-state index in [1.807, 2.05) is 11.5 Å². The zero-order valence-electron chi connectivity index (χ0n) is 8.20. The Balaban J connectivity index is 2.92. The summed E-state index contributed by atoms with van der Waals surface area (Å²) in [5.41, 5.74) is 5.90. The number of rotatable bonds is 4. The highest BCUT2D eigenvalue weighted by Crippen LogP contribution is 2.12. The molecular formula is C9H16N4. The maximum atomic E-state index is 5.90. The van der Waals surface area contributed by atoms with Crippen LogP contribution in [-0.2, 0) is 6.54 Å². The van der Waals surface area contributed by atoms with E-state index in [1.165, 1.54) is 0 Å². The second kappa shape index (κ2) is 4.18. The van der Waals surface area contributed by atoms with E-state index in [-0.39, 0.29) is 6.04 Å². The van der Waals surface area contributed by atoms with E-state index >= 15 is 0 Å². The Morgan fingerprint density at radius 1 is 1.62 bits per heavy atom. The van der Waals surface area contributed by atoms with Gasteiger partial charge in [0, 0.05) is 6.54 Å². The minimum absolute atomic E-state index is 0.0846.